The minimum atomic E-state index is -0.0110. The highest BCUT2D eigenvalue weighted by Gasteiger charge is 2.11. The normalized spacial score (nSPS) is 14.1. The lowest BCUT2D eigenvalue weighted by molar-refractivity contribution is 0.104. The molecule has 1 heterocycles. The fourth-order valence-electron chi connectivity index (χ4n) is 3.20. The fraction of sp³-hybridized carbons (Fsp3) is 0.160. The zero-order valence-corrected chi connectivity index (χ0v) is 16.2. The van der Waals surface area contributed by atoms with Crippen molar-refractivity contribution in [3.8, 4) is 11.5 Å². The number of rotatable bonds is 6. The first-order chi connectivity index (χ1) is 14.3. The highest BCUT2D eigenvalue weighted by molar-refractivity contribution is 6.07. The first-order valence-corrected chi connectivity index (χ1v) is 9.76. The predicted molar refractivity (Wildman–Crippen MR) is 116 cm³/mol. The number of carbonyl (C=O) groups excluding carboxylic acids is 1. The smallest absolute Gasteiger partial charge is 0.185 e. The molecule has 1 aliphatic heterocycles. The average molecular weight is 385 g/mol. The second kappa shape index (κ2) is 9.22. The summed E-state index contributed by atoms with van der Waals surface area (Å²) in [4.78, 5) is 14.7. The number of carbonyl (C=O) groups is 1. The van der Waals surface area contributed by atoms with Crippen LogP contribution in [0.5, 0.6) is 11.5 Å². The summed E-state index contributed by atoms with van der Waals surface area (Å²) in [6.45, 7) is 3.27. The lowest BCUT2D eigenvalue weighted by Crippen LogP contribution is -2.36. The number of ketones is 1. The van der Waals surface area contributed by atoms with Gasteiger partial charge in [-0.25, -0.2) is 0 Å². The van der Waals surface area contributed by atoms with Crippen LogP contribution in [0, 0.1) is 0 Å². The number of nitrogens with zero attached hydrogens (tertiary/aromatic N) is 1. The molecule has 1 saturated heterocycles. The van der Waals surface area contributed by atoms with Crippen LogP contribution in [0.3, 0.4) is 0 Å². The van der Waals surface area contributed by atoms with Gasteiger partial charge >= 0.3 is 0 Å². The minimum Gasteiger partial charge on any atom is -0.457 e. The second-order valence-electron chi connectivity index (χ2n) is 6.83. The van der Waals surface area contributed by atoms with Gasteiger partial charge in [-0.1, -0.05) is 36.4 Å². The third-order valence-corrected chi connectivity index (χ3v) is 4.81. The van der Waals surface area contributed by atoms with Crippen LogP contribution in [-0.4, -0.2) is 32.1 Å². The zero-order chi connectivity index (χ0) is 19.9. The molecule has 0 saturated carbocycles. The number of anilines is 1. The van der Waals surface area contributed by atoms with Gasteiger partial charge in [0.2, 0.25) is 0 Å². The van der Waals surface area contributed by atoms with E-state index in [1.165, 1.54) is 0 Å². The fourth-order valence-corrected chi connectivity index (χ4v) is 3.20. The van der Waals surface area contributed by atoms with Crippen LogP contribution in [0.25, 0.3) is 6.08 Å². The zero-order valence-electron chi connectivity index (χ0n) is 16.2. The maximum absolute atomic E-state index is 12.5. The number of benzene rings is 3. The first-order valence-electron chi connectivity index (χ1n) is 9.76. The van der Waals surface area contributed by atoms with Crippen LogP contribution in [-0.2, 0) is 4.74 Å². The Morgan fingerprint density at radius 3 is 2.17 bits per heavy atom. The maximum atomic E-state index is 12.5. The lowest BCUT2D eigenvalue weighted by Gasteiger charge is -2.28. The predicted octanol–water partition coefficient (Wildman–Crippen LogP) is 5.21. The van der Waals surface area contributed by atoms with Gasteiger partial charge in [-0.3, -0.25) is 4.79 Å². The molecule has 0 aliphatic carbocycles. The van der Waals surface area contributed by atoms with Gasteiger partial charge < -0.3 is 14.4 Å². The van der Waals surface area contributed by atoms with Crippen molar-refractivity contribution in [3.63, 3.8) is 0 Å². The first kappa shape index (κ1) is 19.0. The number of hydrogen-bond donors (Lipinski definition) is 0. The Labute approximate surface area is 171 Å². The highest BCUT2D eigenvalue weighted by atomic mass is 16.5. The van der Waals surface area contributed by atoms with E-state index in [1.54, 1.807) is 6.08 Å². The maximum Gasteiger partial charge on any atom is 0.185 e. The summed E-state index contributed by atoms with van der Waals surface area (Å²) in [7, 11) is 0. The Hall–Kier alpha value is -3.37. The molecule has 0 N–H and O–H groups in total. The van der Waals surface area contributed by atoms with Crippen LogP contribution in [0.1, 0.15) is 15.9 Å². The lowest BCUT2D eigenvalue weighted by atomic mass is 10.1. The molecule has 0 amide bonds. The van der Waals surface area contributed by atoms with Crippen molar-refractivity contribution in [3.05, 3.63) is 96.1 Å². The van der Waals surface area contributed by atoms with Gasteiger partial charge in [-0.05, 0) is 60.2 Å². The van der Waals surface area contributed by atoms with Crippen LogP contribution in [0.2, 0.25) is 0 Å². The van der Waals surface area contributed by atoms with E-state index in [0.29, 0.717) is 5.56 Å². The molecule has 3 aromatic carbocycles. The van der Waals surface area contributed by atoms with E-state index in [4.69, 9.17) is 9.47 Å². The van der Waals surface area contributed by atoms with E-state index in [-0.39, 0.29) is 5.78 Å². The quantitative estimate of drug-likeness (QED) is 0.431. The summed E-state index contributed by atoms with van der Waals surface area (Å²) in [5, 5.41) is 0. The van der Waals surface area contributed by atoms with Crippen molar-refractivity contribution in [2.45, 2.75) is 0 Å². The molecule has 0 atom stereocenters. The van der Waals surface area contributed by atoms with Crippen molar-refractivity contribution >= 4 is 17.5 Å². The molecule has 4 nitrogen and oxygen atoms in total. The Morgan fingerprint density at radius 2 is 1.48 bits per heavy atom. The van der Waals surface area contributed by atoms with E-state index in [9.17, 15) is 4.79 Å². The number of ether oxygens (including phenoxy) is 2. The number of para-hydroxylation sites is 1. The molecule has 0 aromatic heterocycles. The molecule has 146 valence electrons. The highest BCUT2D eigenvalue weighted by Crippen LogP contribution is 2.22. The standard InChI is InChI=1S/C25H23NO3/c27-25(21-9-11-22(12-10-21)26-16-18-28-19-17-26)15-8-20-6-13-24(14-7-20)29-23-4-2-1-3-5-23/h1-15H,16-19H2. The third kappa shape index (κ3) is 5.12. The molecule has 1 fully saturated rings. The SMILES string of the molecule is O=C(C=Cc1ccc(Oc2ccccc2)cc1)c1ccc(N2CCOCC2)cc1. The topological polar surface area (TPSA) is 38.8 Å². The van der Waals surface area contributed by atoms with Gasteiger partial charge in [-0.15, -0.1) is 0 Å². The van der Waals surface area contributed by atoms with Crippen LogP contribution in [0.4, 0.5) is 5.69 Å². The summed E-state index contributed by atoms with van der Waals surface area (Å²) >= 11 is 0. The molecule has 29 heavy (non-hydrogen) atoms. The number of morpholine rings is 1. The summed E-state index contributed by atoms with van der Waals surface area (Å²) in [5.41, 5.74) is 2.76. The molecule has 0 spiro atoms. The van der Waals surface area contributed by atoms with Crippen LogP contribution in [0.15, 0.2) is 84.9 Å². The molecule has 0 unspecified atom stereocenters. The average Bonchev–Trinajstić information content (AvgIpc) is 2.80. The van der Waals surface area contributed by atoms with Crippen molar-refractivity contribution in [2.24, 2.45) is 0 Å². The van der Waals surface area contributed by atoms with E-state index in [0.717, 1.165) is 49.1 Å². The van der Waals surface area contributed by atoms with Crippen LogP contribution >= 0.6 is 0 Å². The molecule has 1 aliphatic rings. The summed E-state index contributed by atoms with van der Waals surface area (Å²) in [5.74, 6) is 1.55. The van der Waals surface area contributed by atoms with Crippen molar-refractivity contribution in [2.75, 3.05) is 31.2 Å². The number of allylic oxidation sites excluding steroid dienone is 1. The monoisotopic (exact) mass is 385 g/mol. The van der Waals surface area contributed by atoms with E-state index >= 15 is 0 Å². The molecule has 0 bridgehead atoms. The van der Waals surface area contributed by atoms with Crippen molar-refractivity contribution in [1.29, 1.82) is 0 Å². The van der Waals surface area contributed by atoms with Crippen molar-refractivity contribution in [1.82, 2.24) is 0 Å². The van der Waals surface area contributed by atoms with Gasteiger partial charge in [0.15, 0.2) is 5.78 Å². The Balaban J connectivity index is 1.36. The van der Waals surface area contributed by atoms with Crippen LogP contribution < -0.4 is 9.64 Å². The Morgan fingerprint density at radius 1 is 0.828 bits per heavy atom. The number of hydrogen-bond acceptors (Lipinski definition) is 4. The Kier molecular flexibility index (Phi) is 6.03. The summed E-state index contributed by atoms with van der Waals surface area (Å²) < 4.78 is 11.2. The van der Waals surface area contributed by atoms with E-state index < -0.39 is 0 Å². The molecular weight excluding hydrogens is 362 g/mol. The molecule has 4 rings (SSSR count). The molecule has 0 radical (unpaired) electrons. The third-order valence-electron chi connectivity index (χ3n) is 4.81. The molecular formula is C25H23NO3. The summed E-state index contributed by atoms with van der Waals surface area (Å²) in [6, 6.07) is 25.1. The van der Waals surface area contributed by atoms with Gasteiger partial charge in [-0.2, -0.15) is 0 Å². The van der Waals surface area contributed by atoms with Gasteiger partial charge in [0.25, 0.3) is 0 Å². The molecule has 4 heteroatoms. The van der Waals surface area contributed by atoms with Gasteiger partial charge in [0, 0.05) is 24.3 Å². The second-order valence-corrected chi connectivity index (χ2v) is 6.83. The van der Waals surface area contributed by atoms with E-state index in [2.05, 4.69) is 4.90 Å². The minimum absolute atomic E-state index is 0.0110. The molecule has 3 aromatic rings. The van der Waals surface area contributed by atoms with Crippen molar-refractivity contribution < 1.29 is 14.3 Å². The van der Waals surface area contributed by atoms with Gasteiger partial charge in [0.1, 0.15) is 11.5 Å². The van der Waals surface area contributed by atoms with Gasteiger partial charge in [0.05, 0.1) is 13.2 Å². The van der Waals surface area contributed by atoms with E-state index in [1.807, 2.05) is 84.9 Å². The summed E-state index contributed by atoms with van der Waals surface area (Å²) in [6.07, 6.45) is 3.43. The Bertz CT molecular complexity index is 957. The largest absolute Gasteiger partial charge is 0.457 e.